The van der Waals surface area contributed by atoms with Gasteiger partial charge in [0.05, 0.1) is 0 Å². The molecule has 1 spiro atoms. The van der Waals surface area contributed by atoms with Gasteiger partial charge in [-0.25, -0.2) is 4.79 Å². The van der Waals surface area contributed by atoms with Crippen molar-refractivity contribution in [2.75, 3.05) is 19.6 Å². The molecule has 0 aromatic heterocycles. The first-order valence-electron chi connectivity index (χ1n) is 9.10. The molecule has 7 nitrogen and oxygen atoms in total. The number of nitrogens with one attached hydrogen (secondary N) is 1. The first kappa shape index (κ1) is 17.2. The lowest BCUT2D eigenvalue weighted by Gasteiger charge is -2.34. The van der Waals surface area contributed by atoms with Crippen molar-refractivity contribution in [1.29, 1.82) is 0 Å². The predicted molar refractivity (Wildman–Crippen MR) is 89.0 cm³/mol. The van der Waals surface area contributed by atoms with Gasteiger partial charge in [0.25, 0.3) is 5.91 Å². The fourth-order valence-electron chi connectivity index (χ4n) is 4.24. The van der Waals surface area contributed by atoms with E-state index < -0.39 is 5.54 Å². The van der Waals surface area contributed by atoms with E-state index in [0.717, 1.165) is 38.8 Å². The molecule has 3 rings (SSSR count). The summed E-state index contributed by atoms with van der Waals surface area (Å²) in [5.74, 6) is 0.349. The Bertz CT molecular complexity index is 520. The molecule has 0 bridgehead atoms. The van der Waals surface area contributed by atoms with Gasteiger partial charge in [-0.1, -0.05) is 12.8 Å². The summed E-state index contributed by atoms with van der Waals surface area (Å²) < 4.78 is 0. The SMILES string of the molecule is CC(N)C1CCN(C(=O)CCN2C(=O)NC3(CCCC3)C2=O)CC1. The average Bonchev–Trinajstić information content (AvgIpc) is 3.12. The molecule has 1 atom stereocenters. The Labute approximate surface area is 142 Å². The number of carbonyl (C=O) groups is 3. The largest absolute Gasteiger partial charge is 0.343 e. The van der Waals surface area contributed by atoms with Gasteiger partial charge < -0.3 is 16.0 Å². The Balaban J connectivity index is 1.50. The normalized spacial score (nSPS) is 25.4. The number of nitrogens with two attached hydrogens (primary N) is 1. The fraction of sp³-hybridized carbons (Fsp3) is 0.824. The van der Waals surface area contributed by atoms with Gasteiger partial charge >= 0.3 is 6.03 Å². The van der Waals surface area contributed by atoms with Gasteiger partial charge in [-0.15, -0.1) is 0 Å². The van der Waals surface area contributed by atoms with E-state index in [2.05, 4.69) is 5.32 Å². The van der Waals surface area contributed by atoms with Crippen LogP contribution in [0, 0.1) is 5.92 Å². The van der Waals surface area contributed by atoms with Gasteiger partial charge in [-0.2, -0.15) is 0 Å². The third-order valence-corrected chi connectivity index (χ3v) is 5.89. The van der Waals surface area contributed by atoms with E-state index in [1.807, 2.05) is 11.8 Å². The second-order valence-corrected chi connectivity index (χ2v) is 7.50. The number of hydrogen-bond donors (Lipinski definition) is 2. The van der Waals surface area contributed by atoms with E-state index in [0.29, 0.717) is 18.8 Å². The van der Waals surface area contributed by atoms with E-state index in [9.17, 15) is 14.4 Å². The summed E-state index contributed by atoms with van der Waals surface area (Å²) in [4.78, 5) is 40.1. The lowest BCUT2D eigenvalue weighted by molar-refractivity contribution is -0.134. The Morgan fingerprint density at radius 3 is 2.50 bits per heavy atom. The highest BCUT2D eigenvalue weighted by atomic mass is 16.2. The van der Waals surface area contributed by atoms with Crippen LogP contribution in [-0.4, -0.2) is 58.9 Å². The van der Waals surface area contributed by atoms with Gasteiger partial charge in [0.15, 0.2) is 0 Å². The second-order valence-electron chi connectivity index (χ2n) is 7.50. The van der Waals surface area contributed by atoms with Crippen LogP contribution < -0.4 is 11.1 Å². The molecule has 3 aliphatic rings. The number of likely N-dealkylation sites (tertiary alicyclic amines) is 1. The number of piperidine rings is 1. The van der Waals surface area contributed by atoms with E-state index in [1.54, 1.807) is 0 Å². The molecule has 1 aliphatic carbocycles. The van der Waals surface area contributed by atoms with Gasteiger partial charge in [0, 0.05) is 32.1 Å². The molecule has 24 heavy (non-hydrogen) atoms. The van der Waals surface area contributed by atoms with E-state index in [1.165, 1.54) is 4.90 Å². The summed E-state index contributed by atoms with van der Waals surface area (Å²) in [7, 11) is 0. The summed E-state index contributed by atoms with van der Waals surface area (Å²) in [6.45, 7) is 3.63. The Morgan fingerprint density at radius 1 is 1.29 bits per heavy atom. The lowest BCUT2D eigenvalue weighted by Crippen LogP contribution is -2.45. The molecule has 4 amide bonds. The number of nitrogens with zero attached hydrogens (tertiary/aromatic N) is 2. The zero-order valence-corrected chi connectivity index (χ0v) is 14.4. The van der Waals surface area contributed by atoms with Crippen molar-refractivity contribution in [2.45, 2.75) is 63.5 Å². The molecule has 2 aliphatic heterocycles. The van der Waals surface area contributed by atoms with Crippen LogP contribution in [0.25, 0.3) is 0 Å². The lowest BCUT2D eigenvalue weighted by atomic mass is 9.91. The monoisotopic (exact) mass is 336 g/mol. The highest BCUT2D eigenvalue weighted by Crippen LogP contribution is 2.35. The molecule has 3 N–H and O–H groups in total. The number of hydrogen-bond acceptors (Lipinski definition) is 4. The molecule has 3 fully saturated rings. The average molecular weight is 336 g/mol. The van der Waals surface area contributed by atoms with Crippen LogP contribution >= 0.6 is 0 Å². The van der Waals surface area contributed by atoms with Crippen molar-refractivity contribution in [2.24, 2.45) is 11.7 Å². The highest BCUT2D eigenvalue weighted by molar-refractivity contribution is 6.07. The summed E-state index contributed by atoms with van der Waals surface area (Å²) in [6.07, 6.45) is 5.42. The standard InChI is InChI=1S/C17H28N4O3/c1-12(18)13-4-9-20(10-5-13)14(22)6-11-21-15(23)17(19-16(21)24)7-2-3-8-17/h12-13H,2-11,18H2,1H3,(H,19,24). The van der Waals surface area contributed by atoms with Crippen molar-refractivity contribution >= 4 is 17.8 Å². The smallest absolute Gasteiger partial charge is 0.325 e. The van der Waals surface area contributed by atoms with Crippen LogP contribution in [0.3, 0.4) is 0 Å². The highest BCUT2D eigenvalue weighted by Gasteiger charge is 2.52. The third-order valence-electron chi connectivity index (χ3n) is 5.89. The minimum absolute atomic E-state index is 0.0195. The maximum atomic E-state index is 12.6. The fourth-order valence-corrected chi connectivity index (χ4v) is 4.24. The second kappa shape index (κ2) is 6.70. The summed E-state index contributed by atoms with van der Waals surface area (Å²) >= 11 is 0. The van der Waals surface area contributed by atoms with Gasteiger partial charge in [-0.05, 0) is 38.5 Å². The molecule has 134 valence electrons. The quantitative estimate of drug-likeness (QED) is 0.743. The van der Waals surface area contributed by atoms with Crippen molar-refractivity contribution in [3.8, 4) is 0 Å². The number of imide groups is 1. The van der Waals surface area contributed by atoms with Crippen molar-refractivity contribution in [1.82, 2.24) is 15.1 Å². The minimum Gasteiger partial charge on any atom is -0.343 e. The topological polar surface area (TPSA) is 95.7 Å². The predicted octanol–water partition coefficient (Wildman–Crippen LogP) is 0.827. The molecule has 0 aromatic carbocycles. The molecular formula is C17H28N4O3. The molecule has 2 saturated heterocycles. The molecule has 0 aromatic rings. The maximum absolute atomic E-state index is 12.6. The minimum atomic E-state index is -0.685. The zero-order chi connectivity index (χ0) is 17.3. The number of urea groups is 1. The van der Waals surface area contributed by atoms with E-state index in [-0.39, 0.29) is 36.9 Å². The summed E-state index contributed by atoms with van der Waals surface area (Å²) in [5.41, 5.74) is 5.24. The molecule has 0 radical (unpaired) electrons. The van der Waals surface area contributed by atoms with Crippen molar-refractivity contribution in [3.63, 3.8) is 0 Å². The van der Waals surface area contributed by atoms with Crippen LogP contribution in [-0.2, 0) is 9.59 Å². The summed E-state index contributed by atoms with van der Waals surface area (Å²) in [6, 6.07) is -0.180. The number of rotatable bonds is 4. The Kier molecular flexibility index (Phi) is 4.80. The molecule has 1 unspecified atom stereocenters. The molecular weight excluding hydrogens is 308 g/mol. The first-order valence-corrected chi connectivity index (χ1v) is 9.10. The van der Waals surface area contributed by atoms with Crippen LogP contribution in [0.15, 0.2) is 0 Å². The van der Waals surface area contributed by atoms with E-state index >= 15 is 0 Å². The molecule has 7 heteroatoms. The van der Waals surface area contributed by atoms with Gasteiger partial charge in [0.2, 0.25) is 5.91 Å². The molecule has 2 heterocycles. The van der Waals surface area contributed by atoms with Crippen molar-refractivity contribution < 1.29 is 14.4 Å². The van der Waals surface area contributed by atoms with Crippen LogP contribution in [0.2, 0.25) is 0 Å². The van der Waals surface area contributed by atoms with Crippen LogP contribution in [0.4, 0.5) is 4.79 Å². The molecule has 1 saturated carbocycles. The number of amides is 4. The maximum Gasteiger partial charge on any atom is 0.325 e. The van der Waals surface area contributed by atoms with Crippen LogP contribution in [0.5, 0.6) is 0 Å². The summed E-state index contributed by atoms with van der Waals surface area (Å²) in [5, 5.41) is 2.85. The van der Waals surface area contributed by atoms with Gasteiger partial charge in [-0.3, -0.25) is 14.5 Å². The Hall–Kier alpha value is -1.63. The van der Waals surface area contributed by atoms with Crippen molar-refractivity contribution in [3.05, 3.63) is 0 Å². The van der Waals surface area contributed by atoms with Crippen LogP contribution in [0.1, 0.15) is 51.9 Å². The first-order chi connectivity index (χ1) is 11.4. The Morgan fingerprint density at radius 2 is 1.92 bits per heavy atom. The number of carbonyl (C=O) groups excluding carboxylic acids is 3. The third kappa shape index (κ3) is 3.14. The van der Waals surface area contributed by atoms with E-state index in [4.69, 9.17) is 5.73 Å². The van der Waals surface area contributed by atoms with Gasteiger partial charge in [0.1, 0.15) is 5.54 Å². The zero-order valence-electron chi connectivity index (χ0n) is 14.4.